The number of piperidine rings is 1. The van der Waals surface area contributed by atoms with Crippen molar-refractivity contribution in [3.63, 3.8) is 0 Å². The Kier molecular flexibility index (Phi) is 3.14. The maximum absolute atomic E-state index is 10.7. The predicted octanol–water partition coefficient (Wildman–Crippen LogP) is 1.82. The molecule has 0 saturated carbocycles. The number of benzene rings is 1. The first-order valence-electron chi connectivity index (χ1n) is 5.53. The van der Waals surface area contributed by atoms with E-state index in [0.717, 1.165) is 25.8 Å². The molecule has 0 spiro atoms. The predicted molar refractivity (Wildman–Crippen MR) is 61.0 cm³/mol. The van der Waals surface area contributed by atoms with Crippen LogP contribution in [0.3, 0.4) is 0 Å². The summed E-state index contributed by atoms with van der Waals surface area (Å²) >= 11 is 0. The van der Waals surface area contributed by atoms with Crippen LogP contribution in [0.2, 0.25) is 0 Å². The van der Waals surface area contributed by atoms with Gasteiger partial charge in [0.2, 0.25) is 5.75 Å². The average Bonchev–Trinajstić information content (AvgIpc) is 2.33. The monoisotopic (exact) mass is 238 g/mol. The van der Waals surface area contributed by atoms with Gasteiger partial charge >= 0.3 is 5.69 Å². The van der Waals surface area contributed by atoms with Crippen molar-refractivity contribution in [3.8, 4) is 11.5 Å². The van der Waals surface area contributed by atoms with E-state index in [1.165, 1.54) is 12.1 Å². The molecule has 1 atom stereocenters. The molecule has 1 aromatic carbocycles. The van der Waals surface area contributed by atoms with Gasteiger partial charge in [-0.2, -0.15) is 0 Å². The Bertz CT molecular complexity index is 441. The van der Waals surface area contributed by atoms with Gasteiger partial charge in [0.1, 0.15) is 0 Å². The third kappa shape index (κ3) is 2.31. The first kappa shape index (κ1) is 11.7. The van der Waals surface area contributed by atoms with Crippen LogP contribution >= 0.6 is 0 Å². The molecule has 1 aromatic rings. The quantitative estimate of drug-likeness (QED) is 0.415. The highest BCUT2D eigenvalue weighted by Crippen LogP contribution is 2.38. The summed E-state index contributed by atoms with van der Waals surface area (Å²) in [6.07, 6.45) is 3.01. The van der Waals surface area contributed by atoms with E-state index >= 15 is 0 Å². The fourth-order valence-electron chi connectivity index (χ4n) is 2.10. The van der Waals surface area contributed by atoms with Crippen LogP contribution in [0.5, 0.6) is 11.5 Å². The number of nitrogens with zero attached hydrogens (tertiary/aromatic N) is 1. The van der Waals surface area contributed by atoms with Gasteiger partial charge in [-0.15, -0.1) is 0 Å². The number of nitro benzene ring substituents is 1. The molecule has 1 fully saturated rings. The molecule has 0 radical (unpaired) electrons. The van der Waals surface area contributed by atoms with Crippen molar-refractivity contribution in [2.24, 2.45) is 0 Å². The number of nitro groups is 1. The largest absolute Gasteiger partial charge is 0.504 e. The number of rotatable bonds is 2. The molecule has 6 heteroatoms. The fourth-order valence-corrected chi connectivity index (χ4v) is 2.10. The second-order valence-corrected chi connectivity index (χ2v) is 4.17. The summed E-state index contributed by atoms with van der Waals surface area (Å²) < 4.78 is 0. The lowest BCUT2D eigenvalue weighted by Crippen LogP contribution is -2.26. The number of phenols is 2. The molecule has 2 rings (SSSR count). The number of hydrogen-bond donors (Lipinski definition) is 3. The highest BCUT2D eigenvalue weighted by Gasteiger charge is 2.23. The fraction of sp³-hybridized carbons (Fsp3) is 0.455. The van der Waals surface area contributed by atoms with Gasteiger partial charge in [0, 0.05) is 12.1 Å². The Labute approximate surface area is 98.0 Å². The topological polar surface area (TPSA) is 95.6 Å². The summed E-state index contributed by atoms with van der Waals surface area (Å²) in [5.41, 5.74) is 0.194. The minimum atomic E-state index is -0.693. The van der Waals surface area contributed by atoms with E-state index in [0.29, 0.717) is 5.56 Å². The SMILES string of the molecule is O=[N+]([O-])c1cc([C@@H]2CCCCN2)cc(O)c1O. The molecule has 3 N–H and O–H groups in total. The molecule has 92 valence electrons. The van der Waals surface area contributed by atoms with Gasteiger partial charge < -0.3 is 15.5 Å². The standard InChI is InChI=1S/C11H14N2O4/c14-10-6-7(8-3-1-2-4-12-8)5-9(11(10)15)13(16)17/h5-6,8,12,14-15H,1-4H2/t8-/m0/s1. The second kappa shape index (κ2) is 4.58. The number of nitrogens with one attached hydrogen (secondary N) is 1. The Hall–Kier alpha value is -1.82. The third-order valence-electron chi connectivity index (χ3n) is 3.00. The molecule has 0 aliphatic carbocycles. The normalized spacial score (nSPS) is 20.1. The summed E-state index contributed by atoms with van der Waals surface area (Å²) in [5, 5.41) is 32.8. The van der Waals surface area contributed by atoms with Crippen molar-refractivity contribution < 1.29 is 15.1 Å². The third-order valence-corrected chi connectivity index (χ3v) is 3.00. The van der Waals surface area contributed by atoms with Crippen molar-refractivity contribution in [1.29, 1.82) is 0 Å². The van der Waals surface area contributed by atoms with E-state index in [4.69, 9.17) is 0 Å². The Morgan fingerprint density at radius 1 is 1.35 bits per heavy atom. The van der Waals surface area contributed by atoms with Crippen LogP contribution in [-0.2, 0) is 0 Å². The molecular formula is C11H14N2O4. The highest BCUT2D eigenvalue weighted by atomic mass is 16.6. The summed E-state index contributed by atoms with van der Waals surface area (Å²) in [7, 11) is 0. The van der Waals surface area contributed by atoms with Crippen LogP contribution in [-0.4, -0.2) is 21.7 Å². The minimum absolute atomic E-state index is 0.00829. The maximum atomic E-state index is 10.7. The Morgan fingerprint density at radius 3 is 2.71 bits per heavy atom. The van der Waals surface area contributed by atoms with Crippen molar-refractivity contribution in [1.82, 2.24) is 5.32 Å². The lowest BCUT2D eigenvalue weighted by atomic mass is 9.97. The van der Waals surface area contributed by atoms with Crippen LogP contribution in [0.4, 0.5) is 5.69 Å². The van der Waals surface area contributed by atoms with Crippen molar-refractivity contribution in [3.05, 3.63) is 27.8 Å². The van der Waals surface area contributed by atoms with Gasteiger partial charge in [0.25, 0.3) is 0 Å². The van der Waals surface area contributed by atoms with Gasteiger partial charge in [-0.25, -0.2) is 0 Å². The zero-order valence-electron chi connectivity index (χ0n) is 9.22. The van der Waals surface area contributed by atoms with Crippen LogP contribution in [0.1, 0.15) is 30.9 Å². The molecule has 0 aromatic heterocycles. The van der Waals surface area contributed by atoms with Gasteiger partial charge in [0.05, 0.1) is 4.92 Å². The molecular weight excluding hydrogens is 224 g/mol. The van der Waals surface area contributed by atoms with E-state index in [2.05, 4.69) is 5.32 Å². The van der Waals surface area contributed by atoms with Gasteiger partial charge in [-0.1, -0.05) is 6.42 Å². The molecule has 17 heavy (non-hydrogen) atoms. The molecule has 0 unspecified atom stereocenters. The lowest BCUT2D eigenvalue weighted by Gasteiger charge is -2.23. The molecule has 1 aliphatic heterocycles. The van der Waals surface area contributed by atoms with Crippen LogP contribution in [0.15, 0.2) is 12.1 Å². The van der Waals surface area contributed by atoms with E-state index in [-0.39, 0.29) is 6.04 Å². The summed E-state index contributed by atoms with van der Waals surface area (Å²) in [5.74, 6) is -1.11. The first-order valence-corrected chi connectivity index (χ1v) is 5.53. The smallest absolute Gasteiger partial charge is 0.314 e. The number of phenolic OH excluding ortho intramolecular Hbond substituents is 2. The maximum Gasteiger partial charge on any atom is 0.314 e. The summed E-state index contributed by atoms with van der Waals surface area (Å²) in [6, 6.07) is 2.71. The van der Waals surface area contributed by atoms with Crippen LogP contribution < -0.4 is 5.32 Å². The van der Waals surface area contributed by atoms with E-state index in [1.54, 1.807) is 0 Å². The second-order valence-electron chi connectivity index (χ2n) is 4.17. The zero-order valence-corrected chi connectivity index (χ0v) is 9.22. The molecule has 6 nitrogen and oxygen atoms in total. The molecule has 1 heterocycles. The van der Waals surface area contributed by atoms with Gasteiger partial charge in [0.15, 0.2) is 5.75 Å². The van der Waals surface area contributed by atoms with Crippen molar-refractivity contribution in [2.45, 2.75) is 25.3 Å². The molecule has 0 amide bonds. The first-order chi connectivity index (χ1) is 8.09. The Morgan fingerprint density at radius 2 is 2.12 bits per heavy atom. The summed E-state index contributed by atoms with van der Waals surface area (Å²) in [4.78, 5) is 10.0. The Balaban J connectivity index is 2.37. The van der Waals surface area contributed by atoms with Crippen molar-refractivity contribution >= 4 is 5.69 Å². The van der Waals surface area contributed by atoms with Crippen molar-refractivity contribution in [2.75, 3.05) is 6.54 Å². The molecule has 1 saturated heterocycles. The van der Waals surface area contributed by atoms with Crippen LogP contribution in [0.25, 0.3) is 0 Å². The molecule has 1 aliphatic rings. The van der Waals surface area contributed by atoms with E-state index in [1.807, 2.05) is 0 Å². The highest BCUT2D eigenvalue weighted by molar-refractivity contribution is 5.57. The number of aromatic hydroxyl groups is 2. The minimum Gasteiger partial charge on any atom is -0.504 e. The van der Waals surface area contributed by atoms with Gasteiger partial charge in [-0.3, -0.25) is 10.1 Å². The van der Waals surface area contributed by atoms with Crippen LogP contribution in [0, 0.1) is 10.1 Å². The average molecular weight is 238 g/mol. The van der Waals surface area contributed by atoms with E-state index in [9.17, 15) is 20.3 Å². The van der Waals surface area contributed by atoms with Gasteiger partial charge in [-0.05, 0) is 31.0 Å². The summed E-state index contributed by atoms with van der Waals surface area (Å²) in [6.45, 7) is 0.861. The number of hydrogen-bond acceptors (Lipinski definition) is 5. The zero-order chi connectivity index (χ0) is 12.4. The van der Waals surface area contributed by atoms with E-state index < -0.39 is 22.1 Å². The lowest BCUT2D eigenvalue weighted by molar-refractivity contribution is -0.386. The molecule has 0 bridgehead atoms.